The number of benzene rings is 2. The largest absolute Gasteiger partial charge is 0.506 e. The van der Waals surface area contributed by atoms with Gasteiger partial charge in [0.2, 0.25) is 0 Å². The van der Waals surface area contributed by atoms with Crippen LogP contribution in [-0.2, 0) is 6.42 Å². The normalized spacial score (nSPS) is 11.1. The second kappa shape index (κ2) is 10.1. The lowest BCUT2D eigenvalue weighted by Gasteiger charge is -2.07. The Labute approximate surface area is 163 Å². The molecule has 5 nitrogen and oxygen atoms in total. The number of aromatic nitrogens is 1. The molecule has 1 heterocycles. The molecule has 2 aromatic carbocycles. The van der Waals surface area contributed by atoms with Crippen LogP contribution in [-0.4, -0.2) is 29.8 Å². The smallest absolute Gasteiger partial charge is 0.305 e. The highest BCUT2D eigenvalue weighted by Crippen LogP contribution is 2.27. The monoisotopic (exact) mass is 386 g/mol. The number of phenolic OH excluding ortho intramolecular Hbond substituents is 1. The number of para-hydroxylation sites is 1. The molecule has 0 aliphatic rings. The summed E-state index contributed by atoms with van der Waals surface area (Å²) in [7, 11) is 0. The predicted molar refractivity (Wildman–Crippen MR) is 111 cm³/mol. The van der Waals surface area contributed by atoms with Gasteiger partial charge in [0.1, 0.15) is 17.0 Å². The first-order chi connectivity index (χ1) is 13.2. The molecule has 0 spiro atoms. The zero-order valence-corrected chi connectivity index (χ0v) is 16.2. The van der Waals surface area contributed by atoms with Gasteiger partial charge in [-0.15, -0.1) is 0 Å². The molecule has 0 radical (unpaired) electrons. The van der Waals surface area contributed by atoms with Crippen molar-refractivity contribution < 1.29 is 9.84 Å². The second-order valence-electron chi connectivity index (χ2n) is 6.54. The van der Waals surface area contributed by atoms with E-state index in [9.17, 15) is 9.90 Å². The number of phenols is 1. The Hall–Kier alpha value is -2.31. The molecule has 3 aromatic rings. The van der Waals surface area contributed by atoms with Gasteiger partial charge in [0.25, 0.3) is 0 Å². The minimum atomic E-state index is -0.128. The molecule has 0 saturated heterocycles. The summed E-state index contributed by atoms with van der Waals surface area (Å²) in [5.41, 5.74) is 1.65. The molecule has 0 amide bonds. The fraction of sp³-hybridized carbons (Fsp3) is 0.381. The number of rotatable bonds is 11. The van der Waals surface area contributed by atoms with E-state index in [1.165, 1.54) is 12.8 Å². The van der Waals surface area contributed by atoms with Gasteiger partial charge in [0, 0.05) is 0 Å². The summed E-state index contributed by atoms with van der Waals surface area (Å²) < 4.78 is 6.55. The lowest BCUT2D eigenvalue weighted by atomic mass is 10.1. The third kappa shape index (κ3) is 5.84. The van der Waals surface area contributed by atoms with Crippen molar-refractivity contribution in [2.75, 3.05) is 19.7 Å². The van der Waals surface area contributed by atoms with E-state index in [1.807, 2.05) is 36.4 Å². The van der Waals surface area contributed by atoms with Crippen molar-refractivity contribution in [2.45, 2.75) is 32.1 Å². The summed E-state index contributed by atoms with van der Waals surface area (Å²) in [5, 5.41) is 13.3. The first-order valence-electron chi connectivity index (χ1n) is 9.46. The molecular formula is C21H26N2O3S. The minimum Gasteiger partial charge on any atom is -0.506 e. The summed E-state index contributed by atoms with van der Waals surface area (Å²) in [5.74, 6) is 1.08. The fourth-order valence-corrected chi connectivity index (χ4v) is 3.93. The molecule has 0 aliphatic carbocycles. The van der Waals surface area contributed by atoms with Crippen molar-refractivity contribution in [1.29, 1.82) is 0 Å². The van der Waals surface area contributed by atoms with E-state index in [4.69, 9.17) is 4.74 Å². The van der Waals surface area contributed by atoms with Gasteiger partial charge < -0.3 is 20.1 Å². The van der Waals surface area contributed by atoms with Crippen LogP contribution in [0.3, 0.4) is 0 Å². The number of nitrogens with one attached hydrogen (secondary N) is 2. The maximum Gasteiger partial charge on any atom is 0.305 e. The first kappa shape index (κ1) is 19.5. The molecule has 0 fully saturated rings. The highest BCUT2D eigenvalue weighted by Gasteiger charge is 2.09. The lowest BCUT2D eigenvalue weighted by Crippen LogP contribution is -2.18. The van der Waals surface area contributed by atoms with Gasteiger partial charge in [-0.3, -0.25) is 4.79 Å². The molecule has 0 aliphatic heterocycles. The number of aromatic hydroxyl groups is 1. The molecular weight excluding hydrogens is 360 g/mol. The molecule has 3 rings (SSSR count). The number of fused-ring (bicyclic) bond motifs is 1. The molecule has 27 heavy (non-hydrogen) atoms. The highest BCUT2D eigenvalue weighted by atomic mass is 32.1. The fourth-order valence-electron chi connectivity index (χ4n) is 3.03. The lowest BCUT2D eigenvalue weighted by molar-refractivity contribution is 0.304. The van der Waals surface area contributed by atoms with E-state index in [0.717, 1.165) is 66.3 Å². The van der Waals surface area contributed by atoms with Crippen LogP contribution < -0.4 is 14.9 Å². The number of hydrogen-bond acceptors (Lipinski definition) is 5. The molecule has 0 bridgehead atoms. The summed E-state index contributed by atoms with van der Waals surface area (Å²) in [6.07, 6.45) is 5.43. The maximum atomic E-state index is 11.5. The van der Waals surface area contributed by atoms with Crippen LogP contribution >= 0.6 is 11.3 Å². The SMILES string of the molecule is O=c1[nH]c2c(O)ccc(CCNCCCCCCOc3ccccc3)c2s1. The Bertz CT molecular complexity index is 889. The van der Waals surface area contributed by atoms with Crippen LogP contribution in [0.1, 0.15) is 31.2 Å². The molecule has 0 atom stereocenters. The Morgan fingerprint density at radius 2 is 1.81 bits per heavy atom. The molecule has 1 aromatic heterocycles. The number of H-pyrrole nitrogens is 1. The van der Waals surface area contributed by atoms with E-state index in [1.54, 1.807) is 6.07 Å². The van der Waals surface area contributed by atoms with Gasteiger partial charge in [-0.25, -0.2) is 0 Å². The molecule has 144 valence electrons. The van der Waals surface area contributed by atoms with Crippen LogP contribution in [0, 0.1) is 0 Å². The van der Waals surface area contributed by atoms with Gasteiger partial charge >= 0.3 is 4.87 Å². The van der Waals surface area contributed by atoms with Gasteiger partial charge in [-0.2, -0.15) is 0 Å². The third-order valence-corrected chi connectivity index (χ3v) is 5.43. The van der Waals surface area contributed by atoms with Gasteiger partial charge in [-0.1, -0.05) is 48.4 Å². The van der Waals surface area contributed by atoms with Crippen LogP contribution in [0.2, 0.25) is 0 Å². The predicted octanol–water partition coefficient (Wildman–Crippen LogP) is 4.07. The Kier molecular flexibility index (Phi) is 7.30. The summed E-state index contributed by atoms with van der Waals surface area (Å²) >= 11 is 1.16. The van der Waals surface area contributed by atoms with E-state index >= 15 is 0 Å². The summed E-state index contributed by atoms with van der Waals surface area (Å²) in [6, 6.07) is 13.5. The standard InChI is InChI=1S/C21H26N2O3S/c24-18-11-10-16(20-19(18)23-21(25)27-20)12-14-22-13-6-1-2-7-15-26-17-8-4-3-5-9-17/h3-5,8-11,22,24H,1-2,6-7,12-15H2,(H,23,25). The molecule has 0 saturated carbocycles. The number of ether oxygens (including phenoxy) is 1. The van der Waals surface area contributed by atoms with E-state index in [-0.39, 0.29) is 10.6 Å². The van der Waals surface area contributed by atoms with Crippen molar-refractivity contribution in [3.8, 4) is 11.5 Å². The second-order valence-corrected chi connectivity index (χ2v) is 7.52. The van der Waals surface area contributed by atoms with Crippen LogP contribution in [0.25, 0.3) is 10.2 Å². The van der Waals surface area contributed by atoms with Crippen LogP contribution in [0.4, 0.5) is 0 Å². The number of unbranched alkanes of at least 4 members (excludes halogenated alkanes) is 3. The Balaban J connectivity index is 1.26. The van der Waals surface area contributed by atoms with Crippen LogP contribution in [0.5, 0.6) is 11.5 Å². The molecule has 3 N–H and O–H groups in total. The van der Waals surface area contributed by atoms with Crippen LogP contribution in [0.15, 0.2) is 47.3 Å². The summed E-state index contributed by atoms with van der Waals surface area (Å²) in [4.78, 5) is 14.1. The minimum absolute atomic E-state index is 0.128. The van der Waals surface area contributed by atoms with Crippen molar-refractivity contribution in [1.82, 2.24) is 10.3 Å². The molecule has 6 heteroatoms. The zero-order chi connectivity index (χ0) is 18.9. The van der Waals surface area contributed by atoms with Crippen molar-refractivity contribution in [3.05, 3.63) is 57.7 Å². The number of hydrogen-bond donors (Lipinski definition) is 3. The van der Waals surface area contributed by atoms with E-state index < -0.39 is 0 Å². The topological polar surface area (TPSA) is 74.4 Å². The summed E-state index contributed by atoms with van der Waals surface area (Å²) in [6.45, 7) is 2.63. The third-order valence-electron chi connectivity index (χ3n) is 4.47. The number of thiazole rings is 1. The van der Waals surface area contributed by atoms with Gasteiger partial charge in [0.05, 0.1) is 11.3 Å². The molecule has 0 unspecified atom stereocenters. The van der Waals surface area contributed by atoms with Crippen molar-refractivity contribution in [2.24, 2.45) is 0 Å². The Morgan fingerprint density at radius 3 is 2.67 bits per heavy atom. The quantitative estimate of drug-likeness (QED) is 0.434. The zero-order valence-electron chi connectivity index (χ0n) is 15.4. The van der Waals surface area contributed by atoms with Gasteiger partial charge in [-0.05, 0) is 56.1 Å². The Morgan fingerprint density at radius 1 is 1.00 bits per heavy atom. The van der Waals surface area contributed by atoms with Crippen molar-refractivity contribution in [3.63, 3.8) is 0 Å². The van der Waals surface area contributed by atoms with E-state index in [0.29, 0.717) is 5.52 Å². The van der Waals surface area contributed by atoms with Gasteiger partial charge in [0.15, 0.2) is 0 Å². The average Bonchev–Trinajstić information content (AvgIpc) is 3.08. The first-order valence-corrected chi connectivity index (χ1v) is 10.3. The average molecular weight is 387 g/mol. The highest BCUT2D eigenvalue weighted by molar-refractivity contribution is 7.16. The maximum absolute atomic E-state index is 11.5. The number of aromatic amines is 1. The van der Waals surface area contributed by atoms with E-state index in [2.05, 4.69) is 10.3 Å². The van der Waals surface area contributed by atoms with Crippen molar-refractivity contribution >= 4 is 21.6 Å².